The van der Waals surface area contributed by atoms with Gasteiger partial charge in [0.25, 0.3) is 0 Å². The van der Waals surface area contributed by atoms with Gasteiger partial charge >= 0.3 is 0 Å². The molecule has 0 atom stereocenters. The molecule has 1 amide bonds. The normalized spacial score (nSPS) is 11.3. The Morgan fingerprint density at radius 2 is 1.49 bits per heavy atom. The van der Waals surface area contributed by atoms with Crippen molar-refractivity contribution in [1.82, 2.24) is 29.5 Å². The van der Waals surface area contributed by atoms with Crippen molar-refractivity contribution < 1.29 is 4.79 Å². The van der Waals surface area contributed by atoms with E-state index in [9.17, 15) is 4.79 Å². The lowest BCUT2D eigenvalue weighted by Gasteiger charge is -2.18. The van der Waals surface area contributed by atoms with Crippen LogP contribution >= 0.6 is 0 Å². The Balaban J connectivity index is 1.40. The molecule has 0 radical (unpaired) electrons. The summed E-state index contributed by atoms with van der Waals surface area (Å²) in [6.45, 7) is 6.04. The molecular weight excluding hydrogens is 486 g/mol. The smallest absolute Gasteiger partial charge is 0.237 e. The van der Waals surface area contributed by atoms with Crippen LogP contribution in [0, 0.1) is 20.8 Å². The van der Waals surface area contributed by atoms with E-state index in [-0.39, 0.29) is 5.91 Å². The number of nitrogens with one attached hydrogen (secondary N) is 1. The number of nitrogens with zero attached hydrogens (tertiary/aromatic N) is 6. The number of carbonyl (C=O) groups excluding carboxylic acids is 1. The first-order valence-corrected chi connectivity index (χ1v) is 12.7. The zero-order chi connectivity index (χ0) is 26.9. The predicted octanol–water partition coefficient (Wildman–Crippen LogP) is 5.70. The third-order valence-corrected chi connectivity index (χ3v) is 6.89. The van der Waals surface area contributed by atoms with Crippen molar-refractivity contribution in [2.24, 2.45) is 0 Å². The lowest BCUT2D eigenvalue weighted by Crippen LogP contribution is -2.23. The Labute approximate surface area is 226 Å². The van der Waals surface area contributed by atoms with Gasteiger partial charge in [-0.05, 0) is 55.2 Å². The van der Waals surface area contributed by atoms with E-state index < -0.39 is 5.92 Å². The van der Waals surface area contributed by atoms with Crippen molar-refractivity contribution in [3.63, 3.8) is 0 Å². The molecule has 6 rings (SSSR count). The molecule has 6 aromatic rings. The fourth-order valence-electron chi connectivity index (χ4n) is 4.78. The van der Waals surface area contributed by atoms with E-state index in [2.05, 4.69) is 51.5 Å². The number of hydrogen-bond acceptors (Lipinski definition) is 5. The van der Waals surface area contributed by atoms with E-state index in [1.165, 1.54) is 17.5 Å². The first-order chi connectivity index (χ1) is 19.0. The van der Waals surface area contributed by atoms with E-state index in [0.29, 0.717) is 17.3 Å². The summed E-state index contributed by atoms with van der Waals surface area (Å²) in [5, 5.41) is 13.1. The third kappa shape index (κ3) is 4.57. The van der Waals surface area contributed by atoms with Crippen LogP contribution in [0.1, 0.15) is 33.9 Å². The summed E-state index contributed by atoms with van der Waals surface area (Å²) in [6.07, 6.45) is 3.23. The minimum Gasteiger partial charge on any atom is -0.310 e. The van der Waals surface area contributed by atoms with Crippen molar-refractivity contribution in [1.29, 1.82) is 0 Å². The van der Waals surface area contributed by atoms with Crippen molar-refractivity contribution in [3.05, 3.63) is 125 Å². The van der Waals surface area contributed by atoms with Crippen LogP contribution in [0.2, 0.25) is 0 Å². The second kappa shape index (κ2) is 9.98. The molecule has 3 aromatic heterocycles. The lowest BCUT2D eigenvalue weighted by molar-refractivity contribution is -0.116. The molecule has 3 heterocycles. The van der Waals surface area contributed by atoms with Gasteiger partial charge in [-0.3, -0.25) is 4.79 Å². The van der Waals surface area contributed by atoms with Gasteiger partial charge in [-0.15, -0.1) is 0 Å². The second-order valence-electron chi connectivity index (χ2n) is 9.59. The molecule has 8 heteroatoms. The number of anilines is 1. The van der Waals surface area contributed by atoms with Crippen molar-refractivity contribution >= 4 is 22.8 Å². The third-order valence-electron chi connectivity index (χ3n) is 6.89. The number of fused-ring (bicyclic) bond motifs is 1. The molecule has 0 spiro atoms. The number of aromatic nitrogens is 6. The van der Waals surface area contributed by atoms with Crippen LogP contribution in [-0.4, -0.2) is 35.4 Å². The topological polar surface area (TPSA) is 90.5 Å². The van der Waals surface area contributed by atoms with Gasteiger partial charge in [0.1, 0.15) is 12.1 Å². The largest absolute Gasteiger partial charge is 0.310 e. The molecule has 3 aromatic carbocycles. The lowest BCUT2D eigenvalue weighted by atomic mass is 9.90. The summed E-state index contributed by atoms with van der Waals surface area (Å²) in [5.41, 5.74) is 6.50. The molecule has 8 nitrogen and oxygen atoms in total. The van der Waals surface area contributed by atoms with Crippen LogP contribution in [0.15, 0.2) is 97.5 Å². The van der Waals surface area contributed by atoms with Gasteiger partial charge in [-0.2, -0.15) is 14.9 Å². The summed E-state index contributed by atoms with van der Waals surface area (Å²) in [6, 6.07) is 27.5. The molecule has 0 unspecified atom stereocenters. The van der Waals surface area contributed by atoms with Crippen LogP contribution in [-0.2, 0) is 4.79 Å². The Hall–Kier alpha value is -5.11. The Kier molecular flexibility index (Phi) is 6.20. The van der Waals surface area contributed by atoms with E-state index in [4.69, 9.17) is 0 Å². The minimum atomic E-state index is -0.492. The van der Waals surface area contributed by atoms with E-state index >= 15 is 0 Å². The van der Waals surface area contributed by atoms with Crippen LogP contribution in [0.3, 0.4) is 0 Å². The standard InChI is InChI=1S/C31H27N7O/c1-20-14-15-25(16-21(20)2)37-29-26(18-34-37)30(33-19-32-29)38-27(17-22(3)36-38)35-31(39)28(23-10-6-4-7-11-23)24-12-8-5-9-13-24/h4-19,28H,1-3H3,(H,35,39). The SMILES string of the molecule is Cc1cc(NC(=O)C(c2ccccc2)c2ccccc2)n(-c2ncnc3c2cnn3-c2ccc(C)c(C)c2)n1. The maximum Gasteiger partial charge on any atom is 0.237 e. The molecule has 1 N–H and O–H groups in total. The van der Waals surface area contributed by atoms with E-state index in [1.54, 1.807) is 15.6 Å². The number of hydrogen-bond donors (Lipinski definition) is 1. The molecule has 0 fully saturated rings. The summed E-state index contributed by atoms with van der Waals surface area (Å²) >= 11 is 0. The van der Waals surface area contributed by atoms with Gasteiger partial charge in [0, 0.05) is 6.07 Å². The average Bonchev–Trinajstić information content (AvgIpc) is 3.55. The van der Waals surface area contributed by atoms with Gasteiger partial charge in [-0.1, -0.05) is 66.7 Å². The zero-order valence-electron chi connectivity index (χ0n) is 21.9. The Morgan fingerprint density at radius 3 is 2.15 bits per heavy atom. The molecule has 0 aliphatic carbocycles. The second-order valence-corrected chi connectivity index (χ2v) is 9.59. The summed E-state index contributed by atoms with van der Waals surface area (Å²) < 4.78 is 3.44. The average molecular weight is 514 g/mol. The number of amides is 1. The van der Waals surface area contributed by atoms with Crippen LogP contribution in [0.25, 0.3) is 22.5 Å². The molecule has 192 valence electrons. The maximum absolute atomic E-state index is 13.8. The molecule has 39 heavy (non-hydrogen) atoms. The van der Waals surface area contributed by atoms with Crippen molar-refractivity contribution in [2.45, 2.75) is 26.7 Å². The summed E-state index contributed by atoms with van der Waals surface area (Å²) in [5.74, 6) is 0.404. The van der Waals surface area contributed by atoms with Crippen molar-refractivity contribution in [2.75, 3.05) is 5.32 Å². The van der Waals surface area contributed by atoms with Gasteiger partial charge in [0.2, 0.25) is 5.91 Å². The fraction of sp³-hybridized carbons (Fsp3) is 0.129. The molecule has 0 aliphatic heterocycles. The van der Waals surface area contributed by atoms with Gasteiger partial charge in [0.15, 0.2) is 11.5 Å². The highest BCUT2D eigenvalue weighted by molar-refractivity contribution is 5.98. The first kappa shape index (κ1) is 24.2. The van der Waals surface area contributed by atoms with Crippen LogP contribution in [0.5, 0.6) is 0 Å². The van der Waals surface area contributed by atoms with Crippen LogP contribution in [0.4, 0.5) is 5.82 Å². The minimum absolute atomic E-state index is 0.162. The molecular formula is C31H27N7O. The number of carbonyl (C=O) groups is 1. The molecule has 0 aliphatic rings. The highest BCUT2D eigenvalue weighted by Crippen LogP contribution is 2.29. The van der Waals surface area contributed by atoms with E-state index in [1.807, 2.05) is 79.7 Å². The van der Waals surface area contributed by atoms with E-state index in [0.717, 1.165) is 27.9 Å². The zero-order valence-corrected chi connectivity index (χ0v) is 21.9. The van der Waals surface area contributed by atoms with Gasteiger partial charge in [0.05, 0.1) is 28.9 Å². The van der Waals surface area contributed by atoms with Gasteiger partial charge in [-0.25, -0.2) is 14.6 Å². The highest BCUT2D eigenvalue weighted by Gasteiger charge is 2.25. The Morgan fingerprint density at radius 1 is 0.795 bits per heavy atom. The maximum atomic E-state index is 13.8. The number of rotatable bonds is 6. The number of aryl methyl sites for hydroxylation is 3. The summed E-state index contributed by atoms with van der Waals surface area (Å²) in [7, 11) is 0. The monoisotopic (exact) mass is 513 g/mol. The van der Waals surface area contributed by atoms with Crippen LogP contribution < -0.4 is 5.32 Å². The Bertz CT molecular complexity index is 1750. The fourth-order valence-corrected chi connectivity index (χ4v) is 4.78. The highest BCUT2D eigenvalue weighted by atomic mass is 16.2. The molecule has 0 saturated heterocycles. The summed E-state index contributed by atoms with van der Waals surface area (Å²) in [4.78, 5) is 22.9. The quantitative estimate of drug-likeness (QED) is 0.309. The van der Waals surface area contributed by atoms with Crippen molar-refractivity contribution in [3.8, 4) is 11.5 Å². The predicted molar refractivity (Wildman–Crippen MR) is 151 cm³/mol. The molecule has 0 bridgehead atoms. The van der Waals surface area contributed by atoms with Gasteiger partial charge < -0.3 is 5.32 Å². The molecule has 0 saturated carbocycles. The first-order valence-electron chi connectivity index (χ1n) is 12.7. The number of benzene rings is 3.